The first-order valence-corrected chi connectivity index (χ1v) is 15.8. The van der Waals surface area contributed by atoms with E-state index in [4.69, 9.17) is 9.47 Å². The van der Waals surface area contributed by atoms with Gasteiger partial charge in [0, 0.05) is 12.1 Å². The summed E-state index contributed by atoms with van der Waals surface area (Å²) in [7, 11) is 0. The Hall–Kier alpha value is -4.47. The number of unbranched alkanes of at least 4 members (excludes halogenated alkanes) is 1. The number of benzene rings is 3. The second-order valence-electron chi connectivity index (χ2n) is 12.5. The third-order valence-corrected chi connectivity index (χ3v) is 8.38. The predicted molar refractivity (Wildman–Crippen MR) is 166 cm³/mol. The van der Waals surface area contributed by atoms with E-state index in [-0.39, 0.29) is 56.3 Å². The molecule has 0 spiro atoms. The molecule has 0 aromatic heterocycles. The van der Waals surface area contributed by atoms with E-state index in [9.17, 15) is 54.2 Å². The number of urea groups is 1. The number of alkyl halides is 9. The molecule has 3 aromatic carbocycles. The molecule has 1 heterocycles. The topological polar surface area (TPSA) is 88.1 Å². The first-order chi connectivity index (χ1) is 23.6. The van der Waals surface area contributed by atoms with Crippen molar-refractivity contribution < 1.29 is 63.7 Å². The Morgan fingerprint density at radius 1 is 0.804 bits per heavy atom. The van der Waals surface area contributed by atoms with E-state index in [2.05, 4.69) is 5.32 Å². The number of amides is 3. The lowest BCUT2D eigenvalue weighted by Crippen LogP contribution is -2.53. The summed E-state index contributed by atoms with van der Waals surface area (Å²) < 4.78 is 132. The van der Waals surface area contributed by atoms with Gasteiger partial charge in [-0.05, 0) is 99.5 Å². The molecule has 1 aliphatic rings. The number of hydrogen-bond donors (Lipinski definition) is 2. The van der Waals surface area contributed by atoms with E-state index < -0.39 is 52.7 Å². The van der Waals surface area contributed by atoms with Crippen molar-refractivity contribution in [2.45, 2.75) is 82.2 Å². The van der Waals surface area contributed by atoms with Gasteiger partial charge in [0.2, 0.25) is 0 Å². The molecule has 3 aromatic rings. The van der Waals surface area contributed by atoms with Crippen molar-refractivity contribution in [1.82, 2.24) is 10.2 Å². The third-order valence-electron chi connectivity index (χ3n) is 8.38. The van der Waals surface area contributed by atoms with Gasteiger partial charge in [-0.15, -0.1) is 0 Å². The molecule has 1 unspecified atom stereocenters. The van der Waals surface area contributed by atoms with Crippen molar-refractivity contribution in [1.29, 1.82) is 0 Å². The molecule has 0 bridgehead atoms. The molecule has 51 heavy (non-hydrogen) atoms. The maximum atomic E-state index is 13.6. The highest BCUT2D eigenvalue weighted by atomic mass is 19.4. The van der Waals surface area contributed by atoms with Gasteiger partial charge >= 0.3 is 24.6 Å². The van der Waals surface area contributed by atoms with Crippen LogP contribution in [0.4, 0.5) is 44.3 Å². The van der Waals surface area contributed by atoms with Crippen molar-refractivity contribution in [3.05, 3.63) is 94.5 Å². The molecule has 3 amide bonds. The molecule has 1 aliphatic heterocycles. The number of nitrogens with one attached hydrogen (secondary N) is 1. The smallest absolute Gasteiger partial charge is 0.430 e. The second kappa shape index (κ2) is 14.6. The van der Waals surface area contributed by atoms with Crippen LogP contribution in [0.25, 0.3) is 0 Å². The zero-order valence-corrected chi connectivity index (χ0v) is 27.6. The van der Waals surface area contributed by atoms with Crippen LogP contribution in [0.2, 0.25) is 0 Å². The van der Waals surface area contributed by atoms with E-state index in [1.54, 1.807) is 31.2 Å². The number of ether oxygens (including phenoxy) is 2. The van der Waals surface area contributed by atoms with Crippen LogP contribution in [0.1, 0.15) is 61.4 Å². The van der Waals surface area contributed by atoms with Crippen molar-refractivity contribution in [2.75, 3.05) is 13.2 Å². The van der Waals surface area contributed by atoms with Gasteiger partial charge in [0.25, 0.3) is 11.5 Å². The zero-order chi connectivity index (χ0) is 38.0. The molecule has 0 saturated carbocycles. The van der Waals surface area contributed by atoms with Crippen LogP contribution in [0.5, 0.6) is 11.5 Å². The molecular weight excluding hydrogens is 699 g/mol. The van der Waals surface area contributed by atoms with Crippen LogP contribution in [-0.2, 0) is 35.0 Å². The zero-order valence-electron chi connectivity index (χ0n) is 27.6. The summed E-state index contributed by atoms with van der Waals surface area (Å²) >= 11 is 0. The van der Waals surface area contributed by atoms with Crippen LogP contribution >= 0.6 is 0 Å². The molecule has 2 N–H and O–H groups in total. The lowest BCUT2D eigenvalue weighted by molar-refractivity contribution is -0.376. The first kappa shape index (κ1) is 39.3. The van der Waals surface area contributed by atoms with Gasteiger partial charge in [0.05, 0.1) is 18.3 Å². The number of imide groups is 1. The summed E-state index contributed by atoms with van der Waals surface area (Å²) in [5, 5.41) is 12.6. The Kier molecular flexibility index (Phi) is 11.3. The predicted octanol–water partition coefficient (Wildman–Crippen LogP) is 8.22. The van der Waals surface area contributed by atoms with Crippen molar-refractivity contribution >= 4 is 11.9 Å². The summed E-state index contributed by atoms with van der Waals surface area (Å²) in [5.41, 5.74) is -8.35. The Bertz CT molecular complexity index is 1670. The normalized spacial score (nSPS) is 17.3. The van der Waals surface area contributed by atoms with Gasteiger partial charge in [-0.3, -0.25) is 9.69 Å². The minimum Gasteiger partial charge on any atom is -0.493 e. The third kappa shape index (κ3) is 8.54. The number of hydrogen-bond acceptors (Lipinski definition) is 5. The Balaban J connectivity index is 1.45. The number of halogens is 9. The van der Waals surface area contributed by atoms with Crippen LogP contribution in [0.3, 0.4) is 0 Å². The van der Waals surface area contributed by atoms with Gasteiger partial charge in [-0.25, -0.2) is 4.79 Å². The van der Waals surface area contributed by atoms with Crippen molar-refractivity contribution in [3.8, 4) is 11.5 Å². The van der Waals surface area contributed by atoms with Gasteiger partial charge in [0.15, 0.2) is 0 Å². The minimum atomic E-state index is -6.14. The highest BCUT2D eigenvalue weighted by Crippen LogP contribution is 2.50. The molecule has 4 rings (SSSR count). The highest BCUT2D eigenvalue weighted by Gasteiger charge is 2.71. The van der Waals surface area contributed by atoms with Gasteiger partial charge in [-0.1, -0.05) is 30.3 Å². The van der Waals surface area contributed by atoms with Crippen molar-refractivity contribution in [3.63, 3.8) is 0 Å². The molecular formula is C35H35F9N2O5. The molecule has 1 saturated heterocycles. The largest absolute Gasteiger partial charge is 0.493 e. The lowest BCUT2D eigenvalue weighted by atomic mass is 9.89. The Morgan fingerprint density at radius 3 is 1.94 bits per heavy atom. The SMILES string of the molecule is CC(C)Oc1ccc(C2(C)NC(=O)N(CCCCOc3ccc(C(O)(C(F)(F)F)C(F)(F)F)cc3CCc3ccc(C(F)(F)F)cc3)C2=O)cc1. The number of carbonyl (C=O) groups is 2. The quantitative estimate of drug-likeness (QED) is 0.105. The standard InChI is InChI=1S/C35H35F9N2O5/c1-21(2)51-27-15-12-24(13-16-27)31(3)29(47)46(30(48)45-31)18-4-5-19-50-28-17-14-26(32(49,34(39,40)41)35(42,43)44)20-23(28)9-6-22-7-10-25(11-8-22)33(36,37)38/h7-8,10-17,20-21,49H,4-6,9,18-19H2,1-3H3,(H,45,48). The second-order valence-corrected chi connectivity index (χ2v) is 12.5. The average Bonchev–Trinajstić information content (AvgIpc) is 3.25. The van der Waals surface area contributed by atoms with Gasteiger partial charge in [0.1, 0.15) is 17.0 Å². The molecule has 16 heteroatoms. The fourth-order valence-electron chi connectivity index (χ4n) is 5.56. The lowest BCUT2D eigenvalue weighted by Gasteiger charge is -2.33. The monoisotopic (exact) mass is 734 g/mol. The number of aliphatic hydroxyl groups is 1. The van der Waals surface area contributed by atoms with Gasteiger partial charge < -0.3 is 19.9 Å². The minimum absolute atomic E-state index is 0.0257. The average molecular weight is 735 g/mol. The summed E-state index contributed by atoms with van der Waals surface area (Å²) in [4.78, 5) is 27.0. The number of aryl methyl sites for hydroxylation is 2. The maximum Gasteiger partial charge on any atom is 0.430 e. The van der Waals surface area contributed by atoms with Crippen LogP contribution in [0.15, 0.2) is 66.7 Å². The molecule has 1 atom stereocenters. The fraction of sp³-hybridized carbons (Fsp3) is 0.429. The molecule has 0 aliphatic carbocycles. The van der Waals surface area contributed by atoms with Crippen molar-refractivity contribution in [2.24, 2.45) is 0 Å². The summed E-state index contributed by atoms with van der Waals surface area (Å²) in [5.74, 6) is -0.0431. The van der Waals surface area contributed by atoms with Gasteiger partial charge in [-0.2, -0.15) is 39.5 Å². The molecule has 0 radical (unpaired) electrons. The summed E-state index contributed by atoms with van der Waals surface area (Å²) in [6, 6.07) is 11.7. The van der Waals surface area contributed by atoms with E-state index in [1.807, 2.05) is 13.8 Å². The molecule has 1 fully saturated rings. The molecule has 278 valence electrons. The Morgan fingerprint density at radius 2 is 1.39 bits per heavy atom. The number of carbonyl (C=O) groups excluding carboxylic acids is 2. The first-order valence-electron chi connectivity index (χ1n) is 15.8. The van der Waals surface area contributed by atoms with Crippen LogP contribution in [-0.4, -0.2) is 53.6 Å². The fourth-order valence-corrected chi connectivity index (χ4v) is 5.56. The van der Waals surface area contributed by atoms with Crippen LogP contribution < -0.4 is 14.8 Å². The van der Waals surface area contributed by atoms with E-state index >= 15 is 0 Å². The molecule has 7 nitrogen and oxygen atoms in total. The van der Waals surface area contributed by atoms with Crippen LogP contribution in [0, 0.1) is 0 Å². The Labute approximate surface area is 287 Å². The number of rotatable bonds is 13. The maximum absolute atomic E-state index is 13.6. The highest BCUT2D eigenvalue weighted by molar-refractivity contribution is 6.07. The van der Waals surface area contributed by atoms with E-state index in [0.29, 0.717) is 29.0 Å². The van der Waals surface area contributed by atoms with E-state index in [1.165, 1.54) is 0 Å². The summed E-state index contributed by atoms with van der Waals surface area (Å²) in [6.45, 7) is 5.12. The van der Waals surface area contributed by atoms with E-state index in [0.717, 1.165) is 35.2 Å². The number of nitrogens with zero attached hydrogens (tertiary/aromatic N) is 1. The summed E-state index contributed by atoms with van der Waals surface area (Å²) in [6.07, 6.45) is -16.9.